The molecule has 0 aliphatic heterocycles. The molecule has 1 aromatic rings. The van der Waals surface area contributed by atoms with Gasteiger partial charge in [-0.3, -0.25) is 4.79 Å². The van der Waals surface area contributed by atoms with Crippen molar-refractivity contribution >= 4 is 5.97 Å². The standard InChI is InChI=1S/C14H21NO3/c1-4-8-15-14(2,10-13(16)17)11-6-5-7-12(9-11)18-3/h5-7,9,15H,4,8,10H2,1-3H3,(H,16,17). The van der Waals surface area contributed by atoms with Gasteiger partial charge in [-0.1, -0.05) is 19.1 Å². The van der Waals surface area contributed by atoms with Crippen molar-refractivity contribution in [2.24, 2.45) is 0 Å². The zero-order valence-electron chi connectivity index (χ0n) is 11.2. The van der Waals surface area contributed by atoms with E-state index in [2.05, 4.69) is 12.2 Å². The molecule has 1 aromatic carbocycles. The zero-order valence-corrected chi connectivity index (χ0v) is 11.2. The molecule has 0 fully saturated rings. The van der Waals surface area contributed by atoms with Crippen LogP contribution in [0.25, 0.3) is 0 Å². The van der Waals surface area contributed by atoms with Gasteiger partial charge in [0.2, 0.25) is 0 Å². The van der Waals surface area contributed by atoms with Crippen molar-refractivity contribution in [1.82, 2.24) is 5.32 Å². The minimum atomic E-state index is -0.816. The highest BCUT2D eigenvalue weighted by Gasteiger charge is 2.29. The number of hydrogen-bond donors (Lipinski definition) is 2. The van der Waals surface area contributed by atoms with Gasteiger partial charge >= 0.3 is 5.97 Å². The normalized spacial score (nSPS) is 13.9. The molecule has 0 radical (unpaired) electrons. The van der Waals surface area contributed by atoms with Gasteiger partial charge in [0.15, 0.2) is 0 Å². The predicted octanol–water partition coefficient (Wildman–Crippen LogP) is 2.38. The lowest BCUT2D eigenvalue weighted by atomic mass is 9.88. The number of benzene rings is 1. The Morgan fingerprint density at radius 1 is 1.50 bits per heavy atom. The molecular weight excluding hydrogens is 230 g/mol. The van der Waals surface area contributed by atoms with Crippen LogP contribution in [0.4, 0.5) is 0 Å². The van der Waals surface area contributed by atoms with Crippen molar-refractivity contribution in [3.05, 3.63) is 29.8 Å². The summed E-state index contributed by atoms with van der Waals surface area (Å²) in [6, 6.07) is 7.53. The zero-order chi connectivity index (χ0) is 13.6. The first-order chi connectivity index (χ1) is 8.51. The largest absolute Gasteiger partial charge is 0.497 e. The molecule has 100 valence electrons. The number of aliphatic carboxylic acids is 1. The third kappa shape index (κ3) is 3.74. The Morgan fingerprint density at radius 2 is 2.22 bits per heavy atom. The highest BCUT2D eigenvalue weighted by molar-refractivity contribution is 5.69. The van der Waals surface area contributed by atoms with Gasteiger partial charge in [-0.05, 0) is 37.6 Å². The summed E-state index contributed by atoms with van der Waals surface area (Å²) in [7, 11) is 1.60. The Bertz CT molecular complexity index is 406. The number of hydrogen-bond acceptors (Lipinski definition) is 3. The Morgan fingerprint density at radius 3 is 2.78 bits per heavy atom. The fourth-order valence-electron chi connectivity index (χ4n) is 1.94. The molecule has 0 amide bonds. The van der Waals surface area contributed by atoms with Crippen LogP contribution in [0, 0.1) is 0 Å². The van der Waals surface area contributed by atoms with Crippen molar-refractivity contribution in [3.8, 4) is 5.75 Å². The molecule has 4 heteroatoms. The molecule has 1 unspecified atom stereocenters. The highest BCUT2D eigenvalue weighted by Crippen LogP contribution is 2.27. The van der Waals surface area contributed by atoms with E-state index in [1.54, 1.807) is 7.11 Å². The number of carboxylic acid groups (broad SMARTS) is 1. The summed E-state index contributed by atoms with van der Waals surface area (Å²) in [6.45, 7) is 4.74. The molecule has 18 heavy (non-hydrogen) atoms. The van der Waals surface area contributed by atoms with Crippen molar-refractivity contribution < 1.29 is 14.6 Å². The summed E-state index contributed by atoms with van der Waals surface area (Å²) in [5, 5.41) is 12.4. The lowest BCUT2D eigenvalue weighted by molar-refractivity contribution is -0.138. The lowest BCUT2D eigenvalue weighted by Crippen LogP contribution is -2.41. The molecule has 4 nitrogen and oxygen atoms in total. The van der Waals surface area contributed by atoms with Crippen LogP contribution in [0.5, 0.6) is 5.75 Å². The number of nitrogens with one attached hydrogen (secondary N) is 1. The SMILES string of the molecule is CCCNC(C)(CC(=O)O)c1cccc(OC)c1. The maximum absolute atomic E-state index is 11.0. The van der Waals surface area contributed by atoms with Gasteiger partial charge < -0.3 is 15.2 Å². The van der Waals surface area contributed by atoms with Gasteiger partial charge in [0.25, 0.3) is 0 Å². The number of methoxy groups -OCH3 is 1. The summed E-state index contributed by atoms with van der Waals surface area (Å²) >= 11 is 0. The Hall–Kier alpha value is -1.55. The van der Waals surface area contributed by atoms with E-state index in [4.69, 9.17) is 9.84 Å². The van der Waals surface area contributed by atoms with E-state index in [-0.39, 0.29) is 6.42 Å². The van der Waals surface area contributed by atoms with Crippen LogP contribution < -0.4 is 10.1 Å². The van der Waals surface area contributed by atoms with Gasteiger partial charge in [0, 0.05) is 0 Å². The van der Waals surface area contributed by atoms with Gasteiger partial charge in [0.05, 0.1) is 19.1 Å². The summed E-state index contributed by atoms with van der Waals surface area (Å²) in [5.74, 6) is -0.0775. The Balaban J connectivity index is 3.03. The molecule has 0 aliphatic carbocycles. The van der Waals surface area contributed by atoms with Gasteiger partial charge in [-0.25, -0.2) is 0 Å². The summed E-state index contributed by atoms with van der Waals surface area (Å²) < 4.78 is 5.18. The summed E-state index contributed by atoms with van der Waals surface area (Å²) in [5.41, 5.74) is 0.355. The fraction of sp³-hybridized carbons (Fsp3) is 0.500. The molecule has 0 aliphatic rings. The smallest absolute Gasteiger partial charge is 0.305 e. The maximum Gasteiger partial charge on any atom is 0.305 e. The van der Waals surface area contributed by atoms with Crippen LogP contribution in [0.1, 0.15) is 32.3 Å². The molecule has 1 rings (SSSR count). The molecule has 0 saturated heterocycles. The van der Waals surface area contributed by atoms with E-state index < -0.39 is 11.5 Å². The summed E-state index contributed by atoms with van der Waals surface area (Å²) in [6.07, 6.45) is 0.999. The molecule has 0 heterocycles. The maximum atomic E-state index is 11.0. The van der Waals surface area contributed by atoms with Crippen LogP contribution in [-0.4, -0.2) is 24.7 Å². The third-order valence-electron chi connectivity index (χ3n) is 2.98. The number of rotatable bonds is 7. The number of ether oxygens (including phenoxy) is 1. The molecule has 0 aromatic heterocycles. The average Bonchev–Trinajstić information content (AvgIpc) is 2.35. The molecule has 0 saturated carbocycles. The van der Waals surface area contributed by atoms with E-state index in [9.17, 15) is 4.79 Å². The quantitative estimate of drug-likeness (QED) is 0.781. The van der Waals surface area contributed by atoms with E-state index in [1.165, 1.54) is 0 Å². The van der Waals surface area contributed by atoms with E-state index in [1.807, 2.05) is 31.2 Å². The highest BCUT2D eigenvalue weighted by atomic mass is 16.5. The van der Waals surface area contributed by atoms with Crippen LogP contribution in [-0.2, 0) is 10.3 Å². The van der Waals surface area contributed by atoms with Gasteiger partial charge in [-0.2, -0.15) is 0 Å². The molecule has 0 bridgehead atoms. The van der Waals surface area contributed by atoms with Crippen LogP contribution in [0.15, 0.2) is 24.3 Å². The average molecular weight is 251 g/mol. The van der Waals surface area contributed by atoms with Crippen molar-refractivity contribution in [1.29, 1.82) is 0 Å². The second-order valence-electron chi connectivity index (χ2n) is 4.56. The minimum Gasteiger partial charge on any atom is -0.497 e. The van der Waals surface area contributed by atoms with E-state index in [0.717, 1.165) is 24.3 Å². The Labute approximate surface area is 108 Å². The minimum absolute atomic E-state index is 0.0418. The van der Waals surface area contributed by atoms with Crippen molar-refractivity contribution in [2.45, 2.75) is 32.2 Å². The van der Waals surface area contributed by atoms with Crippen LogP contribution >= 0.6 is 0 Å². The second-order valence-corrected chi connectivity index (χ2v) is 4.56. The summed E-state index contributed by atoms with van der Waals surface area (Å²) in [4.78, 5) is 11.0. The van der Waals surface area contributed by atoms with Gasteiger partial charge in [-0.15, -0.1) is 0 Å². The molecule has 2 N–H and O–H groups in total. The molecular formula is C14H21NO3. The Kier molecular flexibility index (Phi) is 5.16. The van der Waals surface area contributed by atoms with Crippen LogP contribution in [0.2, 0.25) is 0 Å². The van der Waals surface area contributed by atoms with Crippen molar-refractivity contribution in [3.63, 3.8) is 0 Å². The first-order valence-electron chi connectivity index (χ1n) is 6.13. The second kappa shape index (κ2) is 6.40. The van der Waals surface area contributed by atoms with E-state index in [0.29, 0.717) is 0 Å². The van der Waals surface area contributed by atoms with Crippen LogP contribution in [0.3, 0.4) is 0 Å². The lowest BCUT2D eigenvalue weighted by Gasteiger charge is -2.30. The first kappa shape index (κ1) is 14.5. The third-order valence-corrected chi connectivity index (χ3v) is 2.98. The molecule has 0 spiro atoms. The van der Waals surface area contributed by atoms with E-state index >= 15 is 0 Å². The fourth-order valence-corrected chi connectivity index (χ4v) is 1.94. The topological polar surface area (TPSA) is 58.6 Å². The monoisotopic (exact) mass is 251 g/mol. The first-order valence-corrected chi connectivity index (χ1v) is 6.13. The van der Waals surface area contributed by atoms with Gasteiger partial charge in [0.1, 0.15) is 5.75 Å². The predicted molar refractivity (Wildman–Crippen MR) is 70.9 cm³/mol. The number of carbonyl (C=O) groups is 1. The number of carboxylic acids is 1. The van der Waals surface area contributed by atoms with Crippen molar-refractivity contribution in [2.75, 3.05) is 13.7 Å². The molecule has 1 atom stereocenters.